The highest BCUT2D eigenvalue weighted by atomic mass is 79.9. The molecule has 0 saturated carbocycles. The second-order valence-electron chi connectivity index (χ2n) is 5.21. The van der Waals surface area contributed by atoms with E-state index in [9.17, 15) is 5.11 Å². The molecule has 0 spiro atoms. The molecule has 0 amide bonds. The van der Waals surface area contributed by atoms with Gasteiger partial charge in [-0.1, -0.05) is 41.9 Å². The van der Waals surface area contributed by atoms with Gasteiger partial charge in [-0.25, -0.2) is 4.98 Å². The van der Waals surface area contributed by atoms with Crippen LogP contribution in [0.15, 0.2) is 34.9 Å². The van der Waals surface area contributed by atoms with Crippen LogP contribution in [0.4, 0.5) is 5.82 Å². The van der Waals surface area contributed by atoms with E-state index in [1.165, 1.54) is 0 Å². The second kappa shape index (κ2) is 6.55. The SMILES string of the molecule is CCC(CC)(CO)CNc1nccc2c(Br)cccc12. The first kappa shape index (κ1) is 15.3. The number of hydrogen-bond acceptors (Lipinski definition) is 3. The molecule has 2 N–H and O–H groups in total. The first-order valence-corrected chi connectivity index (χ1v) is 7.83. The predicted molar refractivity (Wildman–Crippen MR) is 88.0 cm³/mol. The lowest BCUT2D eigenvalue weighted by molar-refractivity contribution is 0.127. The minimum Gasteiger partial charge on any atom is -0.396 e. The van der Waals surface area contributed by atoms with Gasteiger partial charge in [0.15, 0.2) is 0 Å². The van der Waals surface area contributed by atoms with Crippen LogP contribution in [0, 0.1) is 5.41 Å². The molecule has 0 aliphatic heterocycles. The van der Waals surface area contributed by atoms with Crippen molar-refractivity contribution in [2.24, 2.45) is 5.41 Å². The third-order valence-corrected chi connectivity index (χ3v) is 4.91. The van der Waals surface area contributed by atoms with Gasteiger partial charge in [0, 0.05) is 33.4 Å². The third kappa shape index (κ3) is 2.96. The number of fused-ring (bicyclic) bond motifs is 1. The van der Waals surface area contributed by atoms with E-state index in [4.69, 9.17) is 0 Å². The summed E-state index contributed by atoms with van der Waals surface area (Å²) in [5.41, 5.74) is -0.0736. The maximum absolute atomic E-state index is 9.64. The fourth-order valence-electron chi connectivity index (χ4n) is 2.36. The van der Waals surface area contributed by atoms with Gasteiger partial charge >= 0.3 is 0 Å². The van der Waals surface area contributed by atoms with Crippen LogP contribution in [-0.4, -0.2) is 23.2 Å². The third-order valence-electron chi connectivity index (χ3n) is 4.22. The predicted octanol–water partition coefficient (Wildman–Crippen LogP) is 4.21. The summed E-state index contributed by atoms with van der Waals surface area (Å²) in [5.74, 6) is 0.878. The van der Waals surface area contributed by atoms with E-state index in [2.05, 4.69) is 46.1 Å². The van der Waals surface area contributed by atoms with Crippen molar-refractivity contribution in [3.8, 4) is 0 Å². The first-order valence-electron chi connectivity index (χ1n) is 7.04. The van der Waals surface area contributed by atoms with Crippen molar-refractivity contribution in [3.05, 3.63) is 34.9 Å². The Morgan fingerprint density at radius 1 is 1.20 bits per heavy atom. The average molecular weight is 337 g/mol. The summed E-state index contributed by atoms with van der Waals surface area (Å²) in [6, 6.07) is 8.11. The molecular weight excluding hydrogens is 316 g/mol. The molecule has 0 saturated heterocycles. The Hall–Kier alpha value is -1.13. The summed E-state index contributed by atoms with van der Waals surface area (Å²) in [5, 5.41) is 15.3. The Bertz CT molecular complexity index is 573. The van der Waals surface area contributed by atoms with E-state index in [0.717, 1.165) is 40.4 Å². The van der Waals surface area contributed by atoms with Gasteiger partial charge in [0.25, 0.3) is 0 Å². The van der Waals surface area contributed by atoms with E-state index in [1.807, 2.05) is 24.4 Å². The van der Waals surface area contributed by atoms with Crippen LogP contribution < -0.4 is 5.32 Å². The van der Waals surface area contributed by atoms with Crippen LogP contribution in [0.5, 0.6) is 0 Å². The molecule has 0 atom stereocenters. The number of rotatable bonds is 6. The number of nitrogens with one attached hydrogen (secondary N) is 1. The van der Waals surface area contributed by atoms with Crippen molar-refractivity contribution in [1.82, 2.24) is 4.98 Å². The second-order valence-corrected chi connectivity index (χ2v) is 6.07. The Labute approximate surface area is 128 Å². The van der Waals surface area contributed by atoms with Crippen LogP contribution in [0.3, 0.4) is 0 Å². The minimum absolute atomic E-state index is 0.0736. The van der Waals surface area contributed by atoms with E-state index in [-0.39, 0.29) is 12.0 Å². The summed E-state index contributed by atoms with van der Waals surface area (Å²) in [4.78, 5) is 4.44. The van der Waals surface area contributed by atoms with Crippen LogP contribution in [-0.2, 0) is 0 Å². The molecule has 0 aliphatic carbocycles. The van der Waals surface area contributed by atoms with Gasteiger partial charge in [0.2, 0.25) is 0 Å². The lowest BCUT2D eigenvalue weighted by Crippen LogP contribution is -2.32. The van der Waals surface area contributed by atoms with Crippen molar-refractivity contribution in [1.29, 1.82) is 0 Å². The molecule has 2 aromatic rings. The highest BCUT2D eigenvalue weighted by molar-refractivity contribution is 9.10. The molecule has 0 unspecified atom stereocenters. The number of aliphatic hydroxyl groups is 1. The van der Waals surface area contributed by atoms with Crippen molar-refractivity contribution >= 4 is 32.5 Å². The highest BCUT2D eigenvalue weighted by Crippen LogP contribution is 2.30. The maximum atomic E-state index is 9.64. The fourth-order valence-corrected chi connectivity index (χ4v) is 2.86. The number of aromatic nitrogens is 1. The molecule has 0 bridgehead atoms. The summed E-state index contributed by atoms with van der Waals surface area (Å²) in [6.07, 6.45) is 3.71. The lowest BCUT2D eigenvalue weighted by Gasteiger charge is -2.30. The molecular formula is C16H21BrN2O. The van der Waals surface area contributed by atoms with E-state index >= 15 is 0 Å². The molecule has 3 nitrogen and oxygen atoms in total. The average Bonchev–Trinajstić information content (AvgIpc) is 2.50. The molecule has 2 rings (SSSR count). The number of nitrogens with zero attached hydrogens (tertiary/aromatic N) is 1. The zero-order chi connectivity index (χ0) is 14.6. The molecule has 0 fully saturated rings. The van der Waals surface area contributed by atoms with Gasteiger partial charge in [-0.05, 0) is 25.0 Å². The van der Waals surface area contributed by atoms with Gasteiger partial charge < -0.3 is 10.4 Å². The molecule has 1 heterocycles. The number of aliphatic hydroxyl groups excluding tert-OH is 1. The molecule has 108 valence electrons. The standard InChI is InChI=1S/C16H21BrN2O/c1-3-16(4-2,11-20)10-19-15-13-6-5-7-14(17)12(13)8-9-18-15/h5-9,20H,3-4,10-11H2,1-2H3,(H,18,19). The fraction of sp³-hybridized carbons (Fsp3) is 0.438. The summed E-state index contributed by atoms with van der Waals surface area (Å²) in [7, 11) is 0. The number of pyridine rings is 1. The maximum Gasteiger partial charge on any atom is 0.133 e. The van der Waals surface area contributed by atoms with Gasteiger partial charge in [-0.2, -0.15) is 0 Å². The summed E-state index contributed by atoms with van der Waals surface area (Å²) in [6.45, 7) is 5.17. The first-order chi connectivity index (χ1) is 9.65. The van der Waals surface area contributed by atoms with Crippen LogP contribution in [0.25, 0.3) is 10.8 Å². The lowest BCUT2D eigenvalue weighted by atomic mass is 9.83. The number of benzene rings is 1. The van der Waals surface area contributed by atoms with Crippen LogP contribution in [0.1, 0.15) is 26.7 Å². The zero-order valence-electron chi connectivity index (χ0n) is 12.0. The summed E-state index contributed by atoms with van der Waals surface area (Å²) >= 11 is 3.57. The monoisotopic (exact) mass is 336 g/mol. The number of hydrogen-bond donors (Lipinski definition) is 2. The van der Waals surface area contributed by atoms with Crippen molar-refractivity contribution in [3.63, 3.8) is 0 Å². The van der Waals surface area contributed by atoms with Crippen molar-refractivity contribution in [2.45, 2.75) is 26.7 Å². The minimum atomic E-state index is -0.0736. The van der Waals surface area contributed by atoms with Crippen molar-refractivity contribution in [2.75, 3.05) is 18.5 Å². The Balaban J connectivity index is 2.28. The molecule has 0 radical (unpaired) electrons. The zero-order valence-corrected chi connectivity index (χ0v) is 13.6. The molecule has 1 aromatic carbocycles. The molecule has 4 heteroatoms. The Morgan fingerprint density at radius 3 is 2.60 bits per heavy atom. The molecule has 0 aliphatic rings. The molecule has 1 aromatic heterocycles. The Kier molecular flexibility index (Phi) is 5.00. The van der Waals surface area contributed by atoms with E-state index in [0.29, 0.717) is 0 Å². The van der Waals surface area contributed by atoms with E-state index < -0.39 is 0 Å². The number of anilines is 1. The summed E-state index contributed by atoms with van der Waals surface area (Å²) < 4.78 is 1.07. The highest BCUT2D eigenvalue weighted by Gasteiger charge is 2.25. The van der Waals surface area contributed by atoms with Gasteiger partial charge in [0.1, 0.15) is 5.82 Å². The van der Waals surface area contributed by atoms with Gasteiger partial charge in [-0.15, -0.1) is 0 Å². The Morgan fingerprint density at radius 2 is 1.95 bits per heavy atom. The smallest absolute Gasteiger partial charge is 0.133 e. The largest absolute Gasteiger partial charge is 0.396 e. The van der Waals surface area contributed by atoms with Gasteiger partial charge in [-0.3, -0.25) is 0 Å². The van der Waals surface area contributed by atoms with Crippen molar-refractivity contribution < 1.29 is 5.11 Å². The van der Waals surface area contributed by atoms with Gasteiger partial charge in [0.05, 0.1) is 6.61 Å². The number of halogens is 1. The normalized spacial score (nSPS) is 11.8. The van der Waals surface area contributed by atoms with Crippen LogP contribution in [0.2, 0.25) is 0 Å². The topological polar surface area (TPSA) is 45.1 Å². The quantitative estimate of drug-likeness (QED) is 0.830. The van der Waals surface area contributed by atoms with Crippen LogP contribution >= 0.6 is 15.9 Å². The molecule has 20 heavy (non-hydrogen) atoms. The van der Waals surface area contributed by atoms with E-state index in [1.54, 1.807) is 0 Å².